The summed E-state index contributed by atoms with van der Waals surface area (Å²) in [6, 6.07) is 10.3. The fourth-order valence-electron chi connectivity index (χ4n) is 3.67. The molecule has 1 aliphatic rings. The van der Waals surface area contributed by atoms with Gasteiger partial charge in [0, 0.05) is 28.2 Å². The van der Waals surface area contributed by atoms with Crippen LogP contribution in [0.2, 0.25) is 0 Å². The molecule has 2 aromatic heterocycles. The summed E-state index contributed by atoms with van der Waals surface area (Å²) in [6.45, 7) is 4.26. The number of nitrogens with zero attached hydrogens (tertiary/aromatic N) is 4. The van der Waals surface area contributed by atoms with E-state index in [9.17, 15) is 5.11 Å². The Bertz CT molecular complexity index is 1010. The van der Waals surface area contributed by atoms with Gasteiger partial charge >= 0.3 is 0 Å². The van der Waals surface area contributed by atoms with Crippen LogP contribution in [0.1, 0.15) is 18.4 Å². The molecule has 1 atom stereocenters. The van der Waals surface area contributed by atoms with E-state index in [1.165, 1.54) is 0 Å². The normalized spacial score (nSPS) is 17.7. The molecule has 6 nitrogen and oxygen atoms in total. The highest BCUT2D eigenvalue weighted by atomic mass is 32.1. The molecule has 0 bridgehead atoms. The number of thiophene rings is 1. The Morgan fingerprint density at radius 1 is 1.37 bits per heavy atom. The molecule has 3 heterocycles. The average molecular weight is 379 g/mol. The minimum Gasteiger partial charge on any atom is -0.507 e. The van der Waals surface area contributed by atoms with Gasteiger partial charge in [-0.05, 0) is 61.5 Å². The first-order valence-corrected chi connectivity index (χ1v) is 9.93. The standard InChI is InChI=1S/C20H21N5OS/c1-13-11-18(22-14-3-2-8-25(12-14)9-7-21)23-24-19(13)16-4-5-17-15(20(16)26)6-10-27-17/h4-6,10-11,14,26H,2-3,8-9,12H2,1H3,(H,22,23)/t14-/m0/s1. The van der Waals surface area contributed by atoms with Crippen molar-refractivity contribution in [2.24, 2.45) is 0 Å². The number of nitrogens with one attached hydrogen (secondary N) is 1. The van der Waals surface area contributed by atoms with Crippen molar-refractivity contribution in [3.8, 4) is 23.1 Å². The van der Waals surface area contributed by atoms with E-state index in [4.69, 9.17) is 5.26 Å². The van der Waals surface area contributed by atoms with Crippen LogP contribution >= 0.6 is 11.3 Å². The number of benzene rings is 1. The summed E-state index contributed by atoms with van der Waals surface area (Å²) in [6.07, 6.45) is 2.12. The predicted molar refractivity (Wildman–Crippen MR) is 108 cm³/mol. The van der Waals surface area contributed by atoms with Gasteiger partial charge in [0.15, 0.2) is 0 Å². The lowest BCUT2D eigenvalue weighted by atomic mass is 10.0. The Morgan fingerprint density at radius 3 is 3.07 bits per heavy atom. The molecular weight excluding hydrogens is 358 g/mol. The van der Waals surface area contributed by atoms with E-state index in [0.717, 1.165) is 47.4 Å². The number of fused-ring (bicyclic) bond motifs is 1. The second kappa shape index (κ2) is 7.51. The van der Waals surface area contributed by atoms with Gasteiger partial charge in [0.1, 0.15) is 11.6 Å². The fourth-order valence-corrected chi connectivity index (χ4v) is 4.46. The number of aromatic nitrogens is 2. The highest BCUT2D eigenvalue weighted by Gasteiger charge is 2.20. The van der Waals surface area contributed by atoms with Gasteiger partial charge in [-0.15, -0.1) is 21.5 Å². The second-order valence-corrected chi connectivity index (χ2v) is 7.88. The molecule has 0 radical (unpaired) electrons. The van der Waals surface area contributed by atoms with Crippen LogP contribution in [-0.2, 0) is 0 Å². The summed E-state index contributed by atoms with van der Waals surface area (Å²) in [5.41, 5.74) is 2.36. The molecular formula is C20H21N5OS. The molecule has 3 aromatic rings. The molecule has 1 aliphatic heterocycles. The minimum absolute atomic E-state index is 0.256. The molecule has 1 aromatic carbocycles. The van der Waals surface area contributed by atoms with Gasteiger partial charge in [0.05, 0.1) is 18.3 Å². The number of nitriles is 1. The van der Waals surface area contributed by atoms with E-state index in [0.29, 0.717) is 17.8 Å². The number of likely N-dealkylation sites (tertiary alicyclic amines) is 1. The lowest BCUT2D eigenvalue weighted by Gasteiger charge is -2.31. The molecule has 1 fully saturated rings. The van der Waals surface area contributed by atoms with Crippen molar-refractivity contribution in [3.05, 3.63) is 35.2 Å². The molecule has 7 heteroatoms. The van der Waals surface area contributed by atoms with Crippen molar-refractivity contribution in [2.75, 3.05) is 25.0 Å². The summed E-state index contributed by atoms with van der Waals surface area (Å²) in [7, 11) is 0. The van der Waals surface area contributed by atoms with Crippen molar-refractivity contribution in [3.63, 3.8) is 0 Å². The zero-order valence-electron chi connectivity index (χ0n) is 15.1. The maximum absolute atomic E-state index is 10.6. The summed E-state index contributed by atoms with van der Waals surface area (Å²) < 4.78 is 1.05. The van der Waals surface area contributed by atoms with Gasteiger partial charge in [0.25, 0.3) is 0 Å². The quantitative estimate of drug-likeness (QED) is 0.671. The molecule has 0 spiro atoms. The molecule has 0 aliphatic carbocycles. The minimum atomic E-state index is 0.256. The monoisotopic (exact) mass is 379 g/mol. The Hall–Kier alpha value is -2.69. The lowest BCUT2D eigenvalue weighted by Crippen LogP contribution is -2.42. The number of aromatic hydroxyl groups is 1. The number of hydrogen-bond donors (Lipinski definition) is 2. The van der Waals surface area contributed by atoms with E-state index >= 15 is 0 Å². The van der Waals surface area contributed by atoms with Crippen LogP contribution in [0.25, 0.3) is 21.3 Å². The largest absolute Gasteiger partial charge is 0.507 e. The Balaban J connectivity index is 1.55. The summed E-state index contributed by atoms with van der Waals surface area (Å²) in [4.78, 5) is 2.16. The van der Waals surface area contributed by atoms with E-state index in [-0.39, 0.29) is 11.8 Å². The Kier molecular flexibility index (Phi) is 4.92. The number of rotatable bonds is 4. The maximum Gasteiger partial charge on any atom is 0.149 e. The number of aryl methyl sites for hydroxylation is 1. The zero-order valence-corrected chi connectivity index (χ0v) is 16.0. The van der Waals surface area contributed by atoms with Crippen molar-refractivity contribution in [2.45, 2.75) is 25.8 Å². The SMILES string of the molecule is Cc1cc(N[C@H]2CCCN(CC#N)C2)nnc1-c1ccc2sccc2c1O. The second-order valence-electron chi connectivity index (χ2n) is 6.93. The third-order valence-electron chi connectivity index (χ3n) is 5.00. The first kappa shape index (κ1) is 17.7. The van der Waals surface area contributed by atoms with Gasteiger partial charge < -0.3 is 10.4 Å². The Morgan fingerprint density at radius 2 is 2.26 bits per heavy atom. The molecule has 0 saturated carbocycles. The molecule has 2 N–H and O–H groups in total. The lowest BCUT2D eigenvalue weighted by molar-refractivity contribution is 0.239. The van der Waals surface area contributed by atoms with Crippen LogP contribution in [-0.4, -0.2) is 45.9 Å². The van der Waals surface area contributed by atoms with E-state index in [1.54, 1.807) is 11.3 Å². The van der Waals surface area contributed by atoms with Gasteiger partial charge in [-0.2, -0.15) is 5.26 Å². The van der Waals surface area contributed by atoms with Crippen LogP contribution in [0.15, 0.2) is 29.6 Å². The van der Waals surface area contributed by atoms with Crippen molar-refractivity contribution in [1.82, 2.24) is 15.1 Å². The predicted octanol–water partition coefficient (Wildman–Crippen LogP) is 3.77. The van der Waals surface area contributed by atoms with E-state index in [1.807, 2.05) is 36.6 Å². The fraction of sp³-hybridized carbons (Fsp3) is 0.350. The van der Waals surface area contributed by atoms with Gasteiger partial charge in [-0.3, -0.25) is 4.90 Å². The topological polar surface area (TPSA) is 85.1 Å². The third kappa shape index (κ3) is 3.59. The smallest absolute Gasteiger partial charge is 0.149 e. The zero-order chi connectivity index (χ0) is 18.8. The van der Waals surface area contributed by atoms with Crippen molar-refractivity contribution in [1.29, 1.82) is 5.26 Å². The van der Waals surface area contributed by atoms with Gasteiger partial charge in [-0.25, -0.2) is 0 Å². The number of anilines is 1. The number of phenols is 1. The highest BCUT2D eigenvalue weighted by molar-refractivity contribution is 7.17. The molecule has 27 heavy (non-hydrogen) atoms. The van der Waals surface area contributed by atoms with E-state index < -0.39 is 0 Å². The van der Waals surface area contributed by atoms with Gasteiger partial charge in [-0.1, -0.05) is 0 Å². The van der Waals surface area contributed by atoms with Crippen LogP contribution in [0.5, 0.6) is 5.75 Å². The first-order valence-electron chi connectivity index (χ1n) is 9.05. The number of phenolic OH excluding ortho intramolecular Hbond substituents is 1. The van der Waals surface area contributed by atoms with Gasteiger partial charge in [0.2, 0.25) is 0 Å². The third-order valence-corrected chi connectivity index (χ3v) is 5.88. The van der Waals surface area contributed by atoms with Crippen LogP contribution in [0, 0.1) is 18.3 Å². The molecule has 0 amide bonds. The number of piperidine rings is 1. The average Bonchev–Trinajstić information content (AvgIpc) is 3.13. The Labute approximate surface area is 162 Å². The van der Waals surface area contributed by atoms with Crippen molar-refractivity contribution < 1.29 is 5.11 Å². The van der Waals surface area contributed by atoms with Crippen LogP contribution in [0.3, 0.4) is 0 Å². The van der Waals surface area contributed by atoms with E-state index in [2.05, 4.69) is 26.5 Å². The summed E-state index contributed by atoms with van der Waals surface area (Å²) in [5.74, 6) is 0.988. The summed E-state index contributed by atoms with van der Waals surface area (Å²) >= 11 is 1.60. The van der Waals surface area contributed by atoms with Crippen LogP contribution in [0.4, 0.5) is 5.82 Å². The number of hydrogen-bond acceptors (Lipinski definition) is 7. The molecule has 138 valence electrons. The summed E-state index contributed by atoms with van der Waals surface area (Å²) in [5, 5.41) is 34.5. The maximum atomic E-state index is 10.6. The molecule has 1 saturated heterocycles. The molecule has 0 unspecified atom stereocenters. The van der Waals surface area contributed by atoms with Crippen LogP contribution < -0.4 is 5.32 Å². The first-order chi connectivity index (χ1) is 13.2. The highest BCUT2D eigenvalue weighted by Crippen LogP contribution is 2.38. The van der Waals surface area contributed by atoms with Crippen molar-refractivity contribution >= 4 is 27.2 Å². The molecule has 4 rings (SSSR count).